The van der Waals surface area contributed by atoms with Gasteiger partial charge in [-0.3, -0.25) is 0 Å². The number of halogens is 2. The van der Waals surface area contributed by atoms with Gasteiger partial charge >= 0.3 is 11.9 Å². The van der Waals surface area contributed by atoms with Gasteiger partial charge in [0.15, 0.2) is 12.3 Å². The van der Waals surface area contributed by atoms with Crippen LogP contribution < -0.4 is 0 Å². The van der Waals surface area contributed by atoms with Crippen LogP contribution in [0.2, 0.25) is 0 Å². The molecular weight excluding hydrogens is 486 g/mol. The standard InChI is InChI=1S/C32H48F2O4/c1-3-5-29(33)31(35)37-27-19-15-25(16-20-27)13-11-23-7-9-24(10-8-23)12-14-26-17-21-28(22-18-26)38-32(36)30(34)6-4-2/h7-10,25-30H,3-6,11-22H2,1-2H3/t25-,26-,27-,28-,29-,30-/m0/s1. The van der Waals surface area contributed by atoms with Crippen LogP contribution in [0.15, 0.2) is 24.3 Å². The van der Waals surface area contributed by atoms with Gasteiger partial charge in [-0.1, -0.05) is 51.0 Å². The number of carbonyl (C=O) groups is 2. The van der Waals surface area contributed by atoms with E-state index < -0.39 is 24.3 Å². The quantitative estimate of drug-likeness (QED) is 0.227. The summed E-state index contributed by atoms with van der Waals surface area (Å²) in [6.45, 7) is 3.74. The maximum Gasteiger partial charge on any atom is 0.340 e. The second-order valence-electron chi connectivity index (χ2n) is 11.6. The molecule has 38 heavy (non-hydrogen) atoms. The van der Waals surface area contributed by atoms with Gasteiger partial charge in [0.1, 0.15) is 12.2 Å². The normalized spacial score (nSPS) is 25.4. The van der Waals surface area contributed by atoms with Crippen LogP contribution in [0.5, 0.6) is 0 Å². The molecule has 2 aliphatic rings. The monoisotopic (exact) mass is 534 g/mol. The van der Waals surface area contributed by atoms with Gasteiger partial charge in [0.25, 0.3) is 0 Å². The first-order valence-electron chi connectivity index (χ1n) is 15.1. The van der Waals surface area contributed by atoms with Crippen molar-refractivity contribution in [3.05, 3.63) is 35.4 Å². The zero-order chi connectivity index (χ0) is 27.3. The van der Waals surface area contributed by atoms with E-state index in [1.54, 1.807) is 0 Å². The summed E-state index contributed by atoms with van der Waals surface area (Å²) in [4.78, 5) is 23.6. The van der Waals surface area contributed by atoms with Crippen LogP contribution in [0.25, 0.3) is 0 Å². The predicted molar refractivity (Wildman–Crippen MR) is 146 cm³/mol. The SMILES string of the molecule is CCC[C@H](F)C(=O)O[C@H]1CC[C@H](CCc2ccc(CC[C@H]3CC[C@H](OC(=O)[C@@H](F)CCC)CC3)cc2)CC1. The third-order valence-corrected chi connectivity index (χ3v) is 8.45. The summed E-state index contributed by atoms with van der Waals surface area (Å²) >= 11 is 0. The van der Waals surface area contributed by atoms with E-state index in [2.05, 4.69) is 24.3 Å². The Bertz CT molecular complexity index is 757. The van der Waals surface area contributed by atoms with Crippen molar-refractivity contribution in [3.63, 3.8) is 0 Å². The van der Waals surface area contributed by atoms with Crippen LogP contribution in [0.1, 0.15) is 115 Å². The second-order valence-corrected chi connectivity index (χ2v) is 11.6. The zero-order valence-corrected chi connectivity index (χ0v) is 23.5. The molecule has 2 saturated carbocycles. The zero-order valence-electron chi connectivity index (χ0n) is 23.5. The average Bonchev–Trinajstić information content (AvgIpc) is 2.93. The van der Waals surface area contributed by atoms with Gasteiger partial charge in [-0.25, -0.2) is 18.4 Å². The van der Waals surface area contributed by atoms with Crippen LogP contribution in [0, 0.1) is 11.8 Å². The Morgan fingerprint density at radius 3 is 1.34 bits per heavy atom. The molecule has 4 nitrogen and oxygen atoms in total. The summed E-state index contributed by atoms with van der Waals surface area (Å²) in [5.41, 5.74) is 2.72. The van der Waals surface area contributed by atoms with Gasteiger partial charge in [-0.2, -0.15) is 0 Å². The molecule has 0 spiro atoms. The third-order valence-electron chi connectivity index (χ3n) is 8.45. The Labute approximate surface area is 228 Å². The molecule has 0 bridgehead atoms. The number of aryl methyl sites for hydroxylation is 2. The first-order chi connectivity index (χ1) is 18.4. The van der Waals surface area contributed by atoms with Crippen LogP contribution >= 0.6 is 0 Å². The minimum atomic E-state index is -1.48. The number of carbonyl (C=O) groups excluding carboxylic acids is 2. The van der Waals surface area contributed by atoms with Crippen molar-refractivity contribution in [1.82, 2.24) is 0 Å². The summed E-state index contributed by atoms with van der Waals surface area (Å²) < 4.78 is 38.2. The van der Waals surface area contributed by atoms with E-state index in [1.807, 2.05) is 13.8 Å². The van der Waals surface area contributed by atoms with E-state index in [-0.39, 0.29) is 25.0 Å². The van der Waals surface area contributed by atoms with Crippen molar-refractivity contribution < 1.29 is 27.8 Å². The van der Waals surface area contributed by atoms with Gasteiger partial charge in [-0.05, 0) is 113 Å². The predicted octanol–water partition coefficient (Wildman–Crippen LogP) is 8.03. The topological polar surface area (TPSA) is 52.6 Å². The number of benzene rings is 1. The van der Waals surface area contributed by atoms with Crippen molar-refractivity contribution in [2.75, 3.05) is 0 Å². The Morgan fingerprint density at radius 2 is 1.03 bits per heavy atom. The molecule has 1 aromatic rings. The first-order valence-corrected chi connectivity index (χ1v) is 15.1. The molecule has 0 heterocycles. The lowest BCUT2D eigenvalue weighted by Crippen LogP contribution is -2.29. The molecule has 0 saturated heterocycles. The highest BCUT2D eigenvalue weighted by Gasteiger charge is 2.28. The molecule has 3 rings (SSSR count). The van der Waals surface area contributed by atoms with Gasteiger partial charge in [0.2, 0.25) is 0 Å². The van der Waals surface area contributed by atoms with Gasteiger partial charge in [-0.15, -0.1) is 0 Å². The van der Waals surface area contributed by atoms with E-state index >= 15 is 0 Å². The number of hydrogen-bond donors (Lipinski definition) is 0. The molecule has 0 unspecified atom stereocenters. The minimum Gasteiger partial charge on any atom is -0.460 e. The van der Waals surface area contributed by atoms with Crippen molar-refractivity contribution in [3.8, 4) is 0 Å². The minimum absolute atomic E-state index is 0.119. The number of rotatable bonds is 14. The lowest BCUT2D eigenvalue weighted by molar-refractivity contribution is -0.158. The smallest absolute Gasteiger partial charge is 0.340 e. The first kappa shape index (κ1) is 30.6. The molecule has 0 amide bonds. The highest BCUT2D eigenvalue weighted by molar-refractivity contribution is 5.75. The fourth-order valence-corrected chi connectivity index (χ4v) is 5.91. The van der Waals surface area contributed by atoms with Crippen molar-refractivity contribution in [2.45, 2.75) is 141 Å². The number of ether oxygens (including phenoxy) is 2. The summed E-state index contributed by atoms with van der Waals surface area (Å²) in [5, 5.41) is 0. The highest BCUT2D eigenvalue weighted by Crippen LogP contribution is 2.31. The molecule has 214 valence electrons. The summed E-state index contributed by atoms with van der Waals surface area (Å²) in [6.07, 6.45) is 10.5. The molecule has 0 aromatic heterocycles. The fourth-order valence-electron chi connectivity index (χ4n) is 5.91. The van der Waals surface area contributed by atoms with Crippen LogP contribution in [0.3, 0.4) is 0 Å². The van der Waals surface area contributed by atoms with Crippen LogP contribution in [0.4, 0.5) is 8.78 Å². The lowest BCUT2D eigenvalue weighted by Gasteiger charge is -2.29. The van der Waals surface area contributed by atoms with E-state index in [4.69, 9.17) is 9.47 Å². The Kier molecular flexibility index (Phi) is 13.0. The molecule has 6 heteroatoms. The molecular formula is C32H48F2O4. The fraction of sp³-hybridized carbons (Fsp3) is 0.750. The molecule has 2 aliphatic carbocycles. The Hall–Kier alpha value is -1.98. The Balaban J connectivity index is 1.28. The third kappa shape index (κ3) is 10.3. The van der Waals surface area contributed by atoms with E-state index in [0.717, 1.165) is 77.0 Å². The number of hydrogen-bond acceptors (Lipinski definition) is 4. The number of alkyl halides is 2. The molecule has 0 N–H and O–H groups in total. The van der Waals surface area contributed by atoms with Crippen LogP contribution in [-0.4, -0.2) is 36.5 Å². The van der Waals surface area contributed by atoms with E-state index in [9.17, 15) is 18.4 Å². The molecule has 0 aliphatic heterocycles. The van der Waals surface area contributed by atoms with E-state index in [1.165, 1.54) is 11.1 Å². The highest BCUT2D eigenvalue weighted by atomic mass is 19.1. The summed E-state index contributed by atoms with van der Waals surface area (Å²) in [5.74, 6) is -0.0816. The average molecular weight is 535 g/mol. The molecule has 0 radical (unpaired) electrons. The largest absolute Gasteiger partial charge is 0.460 e. The summed E-state index contributed by atoms with van der Waals surface area (Å²) in [6, 6.07) is 8.99. The van der Waals surface area contributed by atoms with E-state index in [0.29, 0.717) is 24.7 Å². The number of esters is 2. The Morgan fingerprint density at radius 1 is 0.684 bits per heavy atom. The van der Waals surface area contributed by atoms with Gasteiger partial charge in [0, 0.05) is 0 Å². The van der Waals surface area contributed by atoms with Crippen molar-refractivity contribution in [1.29, 1.82) is 0 Å². The molecule has 2 atom stereocenters. The molecule has 1 aromatic carbocycles. The van der Waals surface area contributed by atoms with Gasteiger partial charge < -0.3 is 9.47 Å². The maximum atomic E-state index is 13.7. The second kappa shape index (κ2) is 16.2. The van der Waals surface area contributed by atoms with Crippen molar-refractivity contribution in [2.24, 2.45) is 11.8 Å². The van der Waals surface area contributed by atoms with Crippen LogP contribution in [-0.2, 0) is 31.9 Å². The van der Waals surface area contributed by atoms with Gasteiger partial charge in [0.05, 0.1) is 0 Å². The van der Waals surface area contributed by atoms with Crippen molar-refractivity contribution >= 4 is 11.9 Å². The summed E-state index contributed by atoms with van der Waals surface area (Å²) in [7, 11) is 0. The maximum absolute atomic E-state index is 13.7. The molecule has 2 fully saturated rings. The lowest BCUT2D eigenvalue weighted by atomic mass is 9.83.